The van der Waals surface area contributed by atoms with E-state index in [2.05, 4.69) is 10.2 Å². The molecule has 0 aromatic heterocycles. The van der Waals surface area contributed by atoms with Crippen LogP contribution >= 0.6 is 23.2 Å². The largest absolute Gasteiger partial charge is 0.359 e. The highest BCUT2D eigenvalue weighted by Gasteiger charge is 2.29. The Balaban J connectivity index is 1.58. The number of amides is 1. The summed E-state index contributed by atoms with van der Waals surface area (Å²) in [5.41, 5.74) is 1.73. The average Bonchev–Trinajstić information content (AvgIpc) is 2.63. The molecule has 0 aliphatic carbocycles. The highest BCUT2D eigenvalue weighted by molar-refractivity contribution is 6.33. The molecule has 132 valence electrons. The van der Waals surface area contributed by atoms with Crippen LogP contribution < -0.4 is 15.1 Å². The van der Waals surface area contributed by atoms with E-state index in [0.717, 1.165) is 36.9 Å². The van der Waals surface area contributed by atoms with Crippen LogP contribution in [0.2, 0.25) is 10.0 Å². The average molecular weight is 379 g/mol. The summed E-state index contributed by atoms with van der Waals surface area (Å²) in [7, 11) is 0. The number of quaternary nitrogens is 1. The van der Waals surface area contributed by atoms with Gasteiger partial charge in [0.25, 0.3) is 5.91 Å². The summed E-state index contributed by atoms with van der Waals surface area (Å²) < 4.78 is 0. The smallest absolute Gasteiger partial charge is 0.282 e. The molecule has 1 saturated heterocycles. The van der Waals surface area contributed by atoms with E-state index in [1.165, 1.54) is 4.90 Å². The summed E-state index contributed by atoms with van der Waals surface area (Å²) in [5, 5.41) is 4.26. The Morgan fingerprint density at radius 2 is 1.64 bits per heavy atom. The Bertz CT molecular complexity index is 745. The predicted molar refractivity (Wildman–Crippen MR) is 104 cm³/mol. The van der Waals surface area contributed by atoms with E-state index < -0.39 is 0 Å². The first-order valence-corrected chi connectivity index (χ1v) is 9.21. The van der Waals surface area contributed by atoms with Crippen LogP contribution in [0, 0.1) is 0 Å². The van der Waals surface area contributed by atoms with Crippen LogP contribution in [0.15, 0.2) is 48.5 Å². The number of hydrogen-bond acceptors (Lipinski definition) is 2. The van der Waals surface area contributed by atoms with Crippen LogP contribution in [-0.4, -0.2) is 38.1 Å². The van der Waals surface area contributed by atoms with Gasteiger partial charge in [-0.15, -0.1) is 0 Å². The standard InChI is InChI=1S/C19H21Cl2N3O/c1-14(19(25)22-17-8-4-2-6-15(17)20)23-10-12-24(13-11-23)18-9-5-3-7-16(18)21/h2-9,14H,10-13H2,1H3,(H,22,25)/p+1/t14-/m1/s1. The number of halogens is 2. The lowest BCUT2D eigenvalue weighted by molar-refractivity contribution is -0.914. The molecule has 0 radical (unpaired) electrons. The first kappa shape index (κ1) is 18.1. The van der Waals surface area contributed by atoms with E-state index in [-0.39, 0.29) is 11.9 Å². The minimum absolute atomic E-state index is 0.00528. The van der Waals surface area contributed by atoms with Crippen molar-refractivity contribution in [1.29, 1.82) is 0 Å². The molecule has 1 aliphatic heterocycles. The van der Waals surface area contributed by atoms with E-state index in [0.29, 0.717) is 10.7 Å². The quantitative estimate of drug-likeness (QED) is 0.857. The van der Waals surface area contributed by atoms with Crippen molar-refractivity contribution in [3.63, 3.8) is 0 Å². The molecule has 2 aromatic carbocycles. The lowest BCUT2D eigenvalue weighted by atomic mass is 10.2. The van der Waals surface area contributed by atoms with Crippen LogP contribution in [0.1, 0.15) is 6.92 Å². The van der Waals surface area contributed by atoms with Crippen LogP contribution in [0.3, 0.4) is 0 Å². The number of piperazine rings is 1. The SMILES string of the molecule is C[C@H](C(=O)Nc1ccccc1Cl)[NH+]1CCN(c2ccccc2Cl)CC1. The molecule has 1 atom stereocenters. The Labute approximate surface area is 158 Å². The first-order valence-electron chi connectivity index (χ1n) is 8.45. The van der Waals surface area contributed by atoms with Crippen molar-refractivity contribution >= 4 is 40.5 Å². The minimum Gasteiger partial charge on any atom is -0.359 e. The lowest BCUT2D eigenvalue weighted by Crippen LogP contribution is -3.19. The van der Waals surface area contributed by atoms with Gasteiger partial charge in [-0.1, -0.05) is 47.5 Å². The summed E-state index contributed by atoms with van der Waals surface area (Å²) in [6.07, 6.45) is 0. The van der Waals surface area contributed by atoms with Crippen molar-refractivity contribution in [1.82, 2.24) is 0 Å². The highest BCUT2D eigenvalue weighted by Crippen LogP contribution is 2.25. The summed E-state index contributed by atoms with van der Waals surface area (Å²) in [4.78, 5) is 16.1. The van der Waals surface area contributed by atoms with E-state index >= 15 is 0 Å². The van der Waals surface area contributed by atoms with Crippen molar-refractivity contribution in [2.75, 3.05) is 36.4 Å². The van der Waals surface area contributed by atoms with Gasteiger partial charge in [-0.25, -0.2) is 0 Å². The van der Waals surface area contributed by atoms with Gasteiger partial charge in [-0.2, -0.15) is 0 Å². The zero-order valence-corrected chi connectivity index (χ0v) is 15.6. The summed E-state index contributed by atoms with van der Waals surface area (Å²) in [5.74, 6) is -0.00528. The Hall–Kier alpha value is -1.75. The van der Waals surface area contributed by atoms with Gasteiger partial charge in [0, 0.05) is 0 Å². The Kier molecular flexibility index (Phi) is 5.84. The van der Waals surface area contributed by atoms with Gasteiger partial charge >= 0.3 is 0 Å². The molecule has 0 unspecified atom stereocenters. The molecule has 2 N–H and O–H groups in total. The molecule has 6 heteroatoms. The third-order valence-corrected chi connectivity index (χ3v) is 5.39. The fourth-order valence-corrected chi connectivity index (χ4v) is 3.60. The van der Waals surface area contributed by atoms with Crippen molar-refractivity contribution in [3.8, 4) is 0 Å². The second kappa shape index (κ2) is 8.09. The molecule has 1 amide bonds. The first-order chi connectivity index (χ1) is 12.1. The van der Waals surface area contributed by atoms with E-state index in [9.17, 15) is 4.79 Å². The molecule has 3 rings (SSSR count). The van der Waals surface area contributed by atoms with E-state index in [1.807, 2.05) is 49.4 Å². The zero-order valence-electron chi connectivity index (χ0n) is 14.1. The van der Waals surface area contributed by atoms with Crippen LogP contribution in [-0.2, 0) is 4.79 Å². The molecule has 1 aliphatic rings. The fourth-order valence-electron chi connectivity index (χ4n) is 3.16. The molecular weight excluding hydrogens is 357 g/mol. The number of anilines is 2. The molecular formula is C19H22Cl2N3O+. The molecule has 0 spiro atoms. The Morgan fingerprint density at radius 1 is 1.04 bits per heavy atom. The van der Waals surface area contributed by atoms with Gasteiger partial charge in [0.2, 0.25) is 0 Å². The van der Waals surface area contributed by atoms with Crippen LogP contribution in [0.5, 0.6) is 0 Å². The maximum absolute atomic E-state index is 12.5. The monoisotopic (exact) mass is 378 g/mol. The maximum Gasteiger partial charge on any atom is 0.282 e. The second-order valence-corrected chi connectivity index (χ2v) is 7.10. The van der Waals surface area contributed by atoms with Crippen LogP contribution in [0.25, 0.3) is 0 Å². The maximum atomic E-state index is 12.5. The number of nitrogens with zero attached hydrogens (tertiary/aromatic N) is 1. The number of carbonyl (C=O) groups excluding carboxylic acids is 1. The third kappa shape index (κ3) is 4.27. The number of rotatable bonds is 4. The van der Waals surface area contributed by atoms with E-state index in [4.69, 9.17) is 23.2 Å². The number of para-hydroxylation sites is 2. The third-order valence-electron chi connectivity index (χ3n) is 4.74. The van der Waals surface area contributed by atoms with Gasteiger partial charge < -0.3 is 15.1 Å². The molecule has 4 nitrogen and oxygen atoms in total. The number of hydrogen-bond donors (Lipinski definition) is 2. The van der Waals surface area contributed by atoms with Crippen molar-refractivity contribution in [2.24, 2.45) is 0 Å². The normalized spacial score (nSPS) is 16.5. The molecule has 0 saturated carbocycles. The highest BCUT2D eigenvalue weighted by atomic mass is 35.5. The molecule has 25 heavy (non-hydrogen) atoms. The number of nitrogens with one attached hydrogen (secondary N) is 2. The predicted octanol–water partition coefficient (Wildman–Crippen LogP) is 2.73. The van der Waals surface area contributed by atoms with Gasteiger partial charge in [-0.05, 0) is 31.2 Å². The fraction of sp³-hybridized carbons (Fsp3) is 0.316. The Morgan fingerprint density at radius 3 is 2.28 bits per heavy atom. The van der Waals surface area contributed by atoms with Gasteiger partial charge in [0.15, 0.2) is 6.04 Å². The van der Waals surface area contributed by atoms with E-state index in [1.54, 1.807) is 6.07 Å². The van der Waals surface area contributed by atoms with Crippen molar-refractivity contribution in [2.45, 2.75) is 13.0 Å². The van der Waals surface area contributed by atoms with Crippen molar-refractivity contribution in [3.05, 3.63) is 58.6 Å². The summed E-state index contributed by atoms with van der Waals surface area (Å²) >= 11 is 12.4. The van der Waals surface area contributed by atoms with Crippen LogP contribution in [0.4, 0.5) is 11.4 Å². The lowest BCUT2D eigenvalue weighted by Gasteiger charge is -2.36. The second-order valence-electron chi connectivity index (χ2n) is 6.29. The number of benzene rings is 2. The van der Waals surface area contributed by atoms with Gasteiger partial charge in [0.05, 0.1) is 47.6 Å². The summed E-state index contributed by atoms with van der Waals surface area (Å²) in [6.45, 7) is 5.50. The number of carbonyl (C=O) groups is 1. The van der Waals surface area contributed by atoms with Gasteiger partial charge in [-0.3, -0.25) is 4.79 Å². The molecule has 2 aromatic rings. The molecule has 0 bridgehead atoms. The topological polar surface area (TPSA) is 36.8 Å². The molecule has 1 heterocycles. The molecule has 1 fully saturated rings. The van der Waals surface area contributed by atoms with Gasteiger partial charge in [0.1, 0.15) is 0 Å². The minimum atomic E-state index is -0.135. The zero-order chi connectivity index (χ0) is 17.8. The summed E-state index contributed by atoms with van der Waals surface area (Å²) in [6, 6.07) is 15.1. The van der Waals surface area contributed by atoms with Crippen molar-refractivity contribution < 1.29 is 9.69 Å².